The van der Waals surface area contributed by atoms with Crippen molar-refractivity contribution < 1.29 is 4.79 Å². The zero-order valence-corrected chi connectivity index (χ0v) is 10.1. The molecule has 1 aromatic rings. The van der Waals surface area contributed by atoms with Crippen molar-refractivity contribution in [1.29, 1.82) is 0 Å². The molecule has 2 rings (SSSR count). The molecule has 17 heavy (non-hydrogen) atoms. The van der Waals surface area contributed by atoms with Gasteiger partial charge in [0, 0.05) is 13.1 Å². The number of hydrogen-bond acceptors (Lipinski definition) is 3. The number of aromatic nitrogens is 2. The topological polar surface area (TPSA) is 58.1 Å². The van der Waals surface area contributed by atoms with Gasteiger partial charge in [-0.05, 0) is 18.9 Å². The van der Waals surface area contributed by atoms with Crippen LogP contribution in [-0.4, -0.2) is 34.2 Å². The first kappa shape index (κ1) is 11.8. The van der Waals surface area contributed by atoms with Gasteiger partial charge in [0.25, 0.3) is 0 Å². The average Bonchev–Trinajstić information content (AvgIpc) is 2.40. The van der Waals surface area contributed by atoms with Gasteiger partial charge in [0.15, 0.2) is 0 Å². The molecule has 5 heteroatoms. The summed E-state index contributed by atoms with van der Waals surface area (Å²) in [6, 6.07) is 2.04. The fourth-order valence-corrected chi connectivity index (χ4v) is 2.21. The Bertz CT molecular complexity index is 362. The van der Waals surface area contributed by atoms with E-state index in [1.54, 1.807) is 23.4 Å². The van der Waals surface area contributed by atoms with E-state index in [2.05, 4.69) is 15.5 Å². The van der Waals surface area contributed by atoms with E-state index in [1.807, 2.05) is 7.05 Å². The van der Waals surface area contributed by atoms with Crippen molar-refractivity contribution in [3.05, 3.63) is 18.5 Å². The zero-order valence-electron chi connectivity index (χ0n) is 10.1. The monoisotopic (exact) mass is 234 g/mol. The minimum absolute atomic E-state index is 0.0649. The van der Waals surface area contributed by atoms with E-state index in [4.69, 9.17) is 0 Å². The van der Waals surface area contributed by atoms with Crippen LogP contribution in [0.2, 0.25) is 0 Å². The predicted molar refractivity (Wildman–Crippen MR) is 65.7 cm³/mol. The van der Waals surface area contributed by atoms with E-state index in [9.17, 15) is 4.79 Å². The summed E-state index contributed by atoms with van der Waals surface area (Å²) in [5, 5.41) is 10.2. The molecule has 1 aromatic heterocycles. The second-order valence-corrected chi connectivity index (χ2v) is 4.46. The van der Waals surface area contributed by atoms with Crippen molar-refractivity contribution in [3.63, 3.8) is 0 Å². The van der Waals surface area contributed by atoms with Gasteiger partial charge >= 0.3 is 6.03 Å². The Kier molecular flexibility index (Phi) is 3.90. The Morgan fingerprint density at radius 1 is 1.35 bits per heavy atom. The van der Waals surface area contributed by atoms with E-state index in [0.29, 0.717) is 11.7 Å². The molecule has 1 aliphatic rings. The lowest BCUT2D eigenvalue weighted by Gasteiger charge is -2.31. The Morgan fingerprint density at radius 2 is 2.12 bits per heavy atom. The summed E-state index contributed by atoms with van der Waals surface area (Å²) in [7, 11) is 1.86. The van der Waals surface area contributed by atoms with Crippen LogP contribution in [0.1, 0.15) is 32.1 Å². The maximum absolute atomic E-state index is 12.0. The van der Waals surface area contributed by atoms with Gasteiger partial charge in [0.2, 0.25) is 0 Å². The van der Waals surface area contributed by atoms with Crippen LogP contribution < -0.4 is 5.32 Å². The first-order chi connectivity index (χ1) is 8.27. The molecule has 0 unspecified atom stereocenters. The molecule has 1 aliphatic carbocycles. The van der Waals surface area contributed by atoms with Crippen LogP contribution in [0.15, 0.2) is 18.5 Å². The molecular weight excluding hydrogens is 216 g/mol. The third-order valence-electron chi connectivity index (χ3n) is 3.28. The van der Waals surface area contributed by atoms with E-state index in [1.165, 1.54) is 19.3 Å². The van der Waals surface area contributed by atoms with Crippen molar-refractivity contribution in [3.8, 4) is 0 Å². The third-order valence-corrected chi connectivity index (χ3v) is 3.28. The molecule has 0 bridgehead atoms. The molecule has 2 amide bonds. The minimum atomic E-state index is -0.0649. The number of carbonyl (C=O) groups excluding carboxylic acids is 1. The van der Waals surface area contributed by atoms with Gasteiger partial charge in [0.05, 0.1) is 18.1 Å². The van der Waals surface area contributed by atoms with Crippen LogP contribution in [0.5, 0.6) is 0 Å². The summed E-state index contributed by atoms with van der Waals surface area (Å²) in [4.78, 5) is 13.8. The lowest BCUT2D eigenvalue weighted by atomic mass is 9.95. The fourth-order valence-electron chi connectivity index (χ4n) is 2.21. The molecule has 1 fully saturated rings. The highest BCUT2D eigenvalue weighted by Crippen LogP contribution is 2.22. The lowest BCUT2D eigenvalue weighted by Crippen LogP contribution is -2.40. The molecule has 0 aromatic carbocycles. The number of nitrogens with one attached hydrogen (secondary N) is 1. The number of amides is 2. The molecule has 1 N–H and O–H groups in total. The number of nitrogens with zero attached hydrogens (tertiary/aromatic N) is 3. The van der Waals surface area contributed by atoms with Crippen LogP contribution >= 0.6 is 0 Å². The van der Waals surface area contributed by atoms with Gasteiger partial charge in [0.1, 0.15) is 0 Å². The van der Waals surface area contributed by atoms with Crippen LogP contribution in [-0.2, 0) is 0 Å². The highest BCUT2D eigenvalue weighted by Gasteiger charge is 2.21. The average molecular weight is 234 g/mol. The third kappa shape index (κ3) is 3.15. The van der Waals surface area contributed by atoms with E-state index in [0.717, 1.165) is 12.8 Å². The highest BCUT2D eigenvalue weighted by atomic mass is 16.2. The molecule has 92 valence electrons. The second kappa shape index (κ2) is 5.61. The van der Waals surface area contributed by atoms with Crippen LogP contribution in [0.4, 0.5) is 10.5 Å². The van der Waals surface area contributed by atoms with Crippen molar-refractivity contribution >= 4 is 11.7 Å². The summed E-state index contributed by atoms with van der Waals surface area (Å²) in [5.74, 6) is 0. The van der Waals surface area contributed by atoms with E-state index < -0.39 is 0 Å². The zero-order chi connectivity index (χ0) is 12.1. The highest BCUT2D eigenvalue weighted by molar-refractivity contribution is 5.89. The Balaban J connectivity index is 1.90. The van der Waals surface area contributed by atoms with Crippen LogP contribution in [0.25, 0.3) is 0 Å². The van der Waals surface area contributed by atoms with E-state index >= 15 is 0 Å². The number of rotatable bonds is 2. The normalized spacial score (nSPS) is 16.5. The maximum Gasteiger partial charge on any atom is 0.321 e. The number of urea groups is 1. The summed E-state index contributed by atoms with van der Waals surface area (Å²) in [6.45, 7) is 0. The summed E-state index contributed by atoms with van der Waals surface area (Å²) in [6.07, 6.45) is 9.07. The van der Waals surface area contributed by atoms with Gasteiger partial charge in [-0.1, -0.05) is 19.3 Å². The van der Waals surface area contributed by atoms with Gasteiger partial charge < -0.3 is 10.2 Å². The number of carbonyl (C=O) groups is 1. The molecule has 1 heterocycles. The Morgan fingerprint density at radius 3 is 2.76 bits per heavy atom. The Labute approximate surface area is 101 Å². The lowest BCUT2D eigenvalue weighted by molar-refractivity contribution is 0.186. The summed E-state index contributed by atoms with van der Waals surface area (Å²) < 4.78 is 0. The molecule has 0 spiro atoms. The largest absolute Gasteiger partial charge is 0.325 e. The van der Waals surface area contributed by atoms with Gasteiger partial charge in [-0.15, -0.1) is 0 Å². The summed E-state index contributed by atoms with van der Waals surface area (Å²) in [5.41, 5.74) is 0.688. The van der Waals surface area contributed by atoms with Crippen molar-refractivity contribution in [2.75, 3.05) is 12.4 Å². The van der Waals surface area contributed by atoms with Crippen molar-refractivity contribution in [1.82, 2.24) is 15.1 Å². The standard InChI is InChI=1S/C12H18N4O/c1-16(11-5-3-2-4-6-11)12(17)15-10-7-8-13-14-9-10/h7-9,11H,2-6H2,1H3,(H,13,15,17). The maximum atomic E-state index is 12.0. The Hall–Kier alpha value is -1.65. The van der Waals surface area contributed by atoms with Crippen molar-refractivity contribution in [2.24, 2.45) is 0 Å². The fraction of sp³-hybridized carbons (Fsp3) is 0.583. The molecule has 0 aliphatic heterocycles. The summed E-state index contributed by atoms with van der Waals surface area (Å²) >= 11 is 0. The predicted octanol–water partition coefficient (Wildman–Crippen LogP) is 2.27. The van der Waals surface area contributed by atoms with Crippen LogP contribution in [0.3, 0.4) is 0 Å². The second-order valence-electron chi connectivity index (χ2n) is 4.46. The molecular formula is C12H18N4O. The quantitative estimate of drug-likeness (QED) is 0.854. The van der Waals surface area contributed by atoms with Crippen molar-refractivity contribution in [2.45, 2.75) is 38.1 Å². The molecule has 0 radical (unpaired) electrons. The van der Waals surface area contributed by atoms with Gasteiger partial charge in [-0.2, -0.15) is 10.2 Å². The minimum Gasteiger partial charge on any atom is -0.325 e. The number of anilines is 1. The van der Waals surface area contributed by atoms with E-state index in [-0.39, 0.29) is 6.03 Å². The molecule has 0 saturated heterocycles. The molecule has 0 atom stereocenters. The van der Waals surface area contributed by atoms with Crippen LogP contribution in [0, 0.1) is 0 Å². The SMILES string of the molecule is CN(C(=O)Nc1ccnnc1)C1CCCCC1. The first-order valence-corrected chi connectivity index (χ1v) is 6.08. The number of hydrogen-bond donors (Lipinski definition) is 1. The molecule has 5 nitrogen and oxygen atoms in total. The van der Waals surface area contributed by atoms with Gasteiger partial charge in [-0.3, -0.25) is 0 Å². The van der Waals surface area contributed by atoms with Gasteiger partial charge in [-0.25, -0.2) is 4.79 Å². The smallest absolute Gasteiger partial charge is 0.321 e. The molecule has 1 saturated carbocycles. The first-order valence-electron chi connectivity index (χ1n) is 6.08.